The highest BCUT2D eigenvalue weighted by atomic mass is 19.4. The van der Waals surface area contributed by atoms with E-state index in [0.717, 1.165) is 6.07 Å². The lowest BCUT2D eigenvalue weighted by atomic mass is 9.93. The smallest absolute Gasteiger partial charge is 0.419 e. The molecular formula is C14H16F4O2. The van der Waals surface area contributed by atoms with Gasteiger partial charge in [0.1, 0.15) is 5.82 Å². The molecule has 6 heteroatoms. The standard InChI is InChI=1S/C14H16F4O2/c1-3-5-10(13(19)20-4-2)9-6-7-12(15)11(8-9)14(16,17)18/h6-8,10H,3-5H2,1-2H3. The molecule has 0 bridgehead atoms. The van der Waals surface area contributed by atoms with Gasteiger partial charge in [0.15, 0.2) is 0 Å². The summed E-state index contributed by atoms with van der Waals surface area (Å²) >= 11 is 0. The minimum atomic E-state index is -4.79. The molecule has 0 saturated heterocycles. The van der Waals surface area contributed by atoms with E-state index in [2.05, 4.69) is 0 Å². The van der Waals surface area contributed by atoms with Gasteiger partial charge in [0.2, 0.25) is 0 Å². The molecule has 0 aliphatic carbocycles. The van der Waals surface area contributed by atoms with Gasteiger partial charge in [-0.25, -0.2) is 4.39 Å². The van der Waals surface area contributed by atoms with Crippen LogP contribution in [0.3, 0.4) is 0 Å². The van der Waals surface area contributed by atoms with Gasteiger partial charge in [-0.05, 0) is 31.0 Å². The van der Waals surface area contributed by atoms with E-state index in [4.69, 9.17) is 4.74 Å². The second-order valence-corrected chi connectivity index (χ2v) is 4.33. The lowest BCUT2D eigenvalue weighted by Gasteiger charge is -2.17. The van der Waals surface area contributed by atoms with Crippen LogP contribution in [-0.2, 0) is 15.7 Å². The molecule has 0 N–H and O–H groups in total. The predicted octanol–water partition coefficient (Wildman–Crippen LogP) is 4.29. The van der Waals surface area contributed by atoms with Crippen LogP contribution >= 0.6 is 0 Å². The summed E-state index contributed by atoms with van der Waals surface area (Å²) < 4.78 is 56.1. The molecule has 0 heterocycles. The Balaban J connectivity index is 3.18. The Morgan fingerprint density at radius 3 is 2.45 bits per heavy atom. The molecule has 1 aromatic carbocycles. The first-order valence-corrected chi connectivity index (χ1v) is 6.34. The fraction of sp³-hybridized carbons (Fsp3) is 0.500. The van der Waals surface area contributed by atoms with Gasteiger partial charge in [0, 0.05) is 0 Å². The van der Waals surface area contributed by atoms with Crippen LogP contribution in [0.25, 0.3) is 0 Å². The normalized spacial score (nSPS) is 13.1. The second kappa shape index (κ2) is 6.72. The molecule has 0 aliphatic rings. The maximum atomic E-state index is 13.2. The average Bonchev–Trinajstić information content (AvgIpc) is 2.35. The average molecular weight is 292 g/mol. The van der Waals surface area contributed by atoms with Crippen molar-refractivity contribution >= 4 is 5.97 Å². The van der Waals surface area contributed by atoms with Gasteiger partial charge in [-0.1, -0.05) is 19.4 Å². The molecule has 0 aliphatic heterocycles. The molecule has 20 heavy (non-hydrogen) atoms. The highest BCUT2D eigenvalue weighted by Crippen LogP contribution is 2.34. The highest BCUT2D eigenvalue weighted by Gasteiger charge is 2.35. The van der Waals surface area contributed by atoms with E-state index in [9.17, 15) is 22.4 Å². The van der Waals surface area contributed by atoms with E-state index in [1.807, 2.05) is 0 Å². The SMILES string of the molecule is CCCC(C(=O)OCC)c1ccc(F)c(C(F)(F)F)c1. The minimum absolute atomic E-state index is 0.124. The van der Waals surface area contributed by atoms with Crippen molar-refractivity contribution in [1.29, 1.82) is 0 Å². The molecule has 1 unspecified atom stereocenters. The lowest BCUT2D eigenvalue weighted by molar-refractivity contribution is -0.145. The van der Waals surface area contributed by atoms with Crippen LogP contribution < -0.4 is 0 Å². The Bertz CT molecular complexity index is 469. The Morgan fingerprint density at radius 2 is 1.95 bits per heavy atom. The summed E-state index contributed by atoms with van der Waals surface area (Å²) in [4.78, 5) is 11.8. The van der Waals surface area contributed by atoms with E-state index in [0.29, 0.717) is 18.9 Å². The van der Waals surface area contributed by atoms with E-state index in [-0.39, 0.29) is 12.2 Å². The third kappa shape index (κ3) is 3.95. The van der Waals surface area contributed by atoms with Crippen LogP contribution in [0.4, 0.5) is 17.6 Å². The topological polar surface area (TPSA) is 26.3 Å². The zero-order chi connectivity index (χ0) is 15.3. The number of carbonyl (C=O) groups excluding carboxylic acids is 1. The van der Waals surface area contributed by atoms with E-state index in [1.54, 1.807) is 13.8 Å². The first-order valence-electron chi connectivity index (χ1n) is 6.34. The van der Waals surface area contributed by atoms with Crippen LogP contribution in [-0.4, -0.2) is 12.6 Å². The quantitative estimate of drug-likeness (QED) is 0.597. The molecular weight excluding hydrogens is 276 g/mol. The van der Waals surface area contributed by atoms with E-state index in [1.165, 1.54) is 6.07 Å². The summed E-state index contributed by atoms with van der Waals surface area (Å²) in [7, 11) is 0. The van der Waals surface area contributed by atoms with Gasteiger partial charge in [-0.2, -0.15) is 13.2 Å². The number of ether oxygens (including phenoxy) is 1. The summed E-state index contributed by atoms with van der Waals surface area (Å²) in [6.45, 7) is 3.57. The molecule has 0 fully saturated rings. The number of benzene rings is 1. The first-order chi connectivity index (χ1) is 9.31. The summed E-state index contributed by atoms with van der Waals surface area (Å²) in [6, 6.07) is 2.62. The van der Waals surface area contributed by atoms with Crippen LogP contribution in [0, 0.1) is 5.82 Å². The Morgan fingerprint density at radius 1 is 1.30 bits per heavy atom. The molecule has 2 nitrogen and oxygen atoms in total. The number of hydrogen-bond acceptors (Lipinski definition) is 2. The summed E-state index contributed by atoms with van der Waals surface area (Å²) in [5, 5.41) is 0. The molecule has 0 saturated carbocycles. The van der Waals surface area contributed by atoms with Gasteiger partial charge >= 0.3 is 12.1 Å². The third-order valence-electron chi connectivity index (χ3n) is 2.85. The van der Waals surface area contributed by atoms with Crippen LogP contribution in [0.2, 0.25) is 0 Å². The second-order valence-electron chi connectivity index (χ2n) is 4.33. The fourth-order valence-electron chi connectivity index (χ4n) is 1.93. The monoisotopic (exact) mass is 292 g/mol. The van der Waals surface area contributed by atoms with E-state index >= 15 is 0 Å². The Labute approximate surface area is 114 Å². The zero-order valence-corrected chi connectivity index (χ0v) is 11.3. The van der Waals surface area contributed by atoms with Gasteiger partial charge in [-0.3, -0.25) is 4.79 Å². The number of esters is 1. The summed E-state index contributed by atoms with van der Waals surface area (Å²) in [6.07, 6.45) is -3.84. The van der Waals surface area contributed by atoms with Gasteiger partial charge in [0.05, 0.1) is 18.1 Å². The van der Waals surface area contributed by atoms with Crippen molar-refractivity contribution in [2.75, 3.05) is 6.61 Å². The number of rotatable bonds is 5. The Kier molecular flexibility index (Phi) is 5.53. The molecule has 0 amide bonds. The highest BCUT2D eigenvalue weighted by molar-refractivity contribution is 5.78. The molecule has 0 spiro atoms. The van der Waals surface area contributed by atoms with Crippen molar-refractivity contribution in [1.82, 2.24) is 0 Å². The summed E-state index contributed by atoms with van der Waals surface area (Å²) in [5.74, 6) is -2.74. The van der Waals surface area contributed by atoms with Crippen molar-refractivity contribution in [3.05, 3.63) is 35.1 Å². The van der Waals surface area contributed by atoms with Crippen LogP contribution in [0.5, 0.6) is 0 Å². The van der Waals surface area contributed by atoms with Crippen molar-refractivity contribution < 1.29 is 27.1 Å². The maximum absolute atomic E-state index is 13.2. The minimum Gasteiger partial charge on any atom is -0.466 e. The van der Waals surface area contributed by atoms with Crippen LogP contribution in [0.15, 0.2) is 18.2 Å². The molecule has 112 valence electrons. The molecule has 1 atom stereocenters. The van der Waals surface area contributed by atoms with Crippen molar-refractivity contribution in [3.63, 3.8) is 0 Å². The largest absolute Gasteiger partial charge is 0.466 e. The maximum Gasteiger partial charge on any atom is 0.419 e. The van der Waals surface area contributed by atoms with Crippen LogP contribution in [0.1, 0.15) is 43.7 Å². The van der Waals surface area contributed by atoms with Gasteiger partial charge in [-0.15, -0.1) is 0 Å². The first kappa shape index (κ1) is 16.5. The molecule has 1 rings (SSSR count). The third-order valence-corrected chi connectivity index (χ3v) is 2.85. The molecule has 0 aromatic heterocycles. The predicted molar refractivity (Wildman–Crippen MR) is 65.7 cm³/mol. The van der Waals surface area contributed by atoms with Gasteiger partial charge < -0.3 is 4.74 Å². The molecule has 1 aromatic rings. The fourth-order valence-corrected chi connectivity index (χ4v) is 1.93. The summed E-state index contributed by atoms with van der Waals surface area (Å²) in [5.41, 5.74) is -1.24. The zero-order valence-electron chi connectivity index (χ0n) is 11.3. The number of hydrogen-bond donors (Lipinski definition) is 0. The van der Waals surface area contributed by atoms with Crippen molar-refractivity contribution in [3.8, 4) is 0 Å². The number of carbonyl (C=O) groups is 1. The Hall–Kier alpha value is -1.59. The number of halogens is 4. The van der Waals surface area contributed by atoms with Crippen molar-refractivity contribution in [2.45, 2.75) is 38.8 Å². The number of alkyl halides is 3. The molecule has 0 radical (unpaired) electrons. The van der Waals surface area contributed by atoms with Crippen molar-refractivity contribution in [2.24, 2.45) is 0 Å². The lowest BCUT2D eigenvalue weighted by Crippen LogP contribution is -2.17. The van der Waals surface area contributed by atoms with E-state index < -0.39 is 29.4 Å². The van der Waals surface area contributed by atoms with Gasteiger partial charge in [0.25, 0.3) is 0 Å².